The Kier molecular flexibility index (Phi) is 10.4. The van der Waals surface area contributed by atoms with Gasteiger partial charge in [-0.25, -0.2) is 0 Å². The van der Waals surface area contributed by atoms with Gasteiger partial charge in [-0.05, 0) is 48.6 Å². The zero-order chi connectivity index (χ0) is 17.8. The summed E-state index contributed by atoms with van der Waals surface area (Å²) in [6.07, 6.45) is 13.9. The van der Waals surface area contributed by atoms with Crippen LogP contribution in [0.5, 0.6) is 5.75 Å². The van der Waals surface area contributed by atoms with E-state index in [2.05, 4.69) is 52.8 Å². The summed E-state index contributed by atoms with van der Waals surface area (Å²) in [5.74, 6) is 1.03. The summed E-state index contributed by atoms with van der Waals surface area (Å²) >= 11 is 0. The molecule has 0 spiro atoms. The molecule has 0 bridgehead atoms. The van der Waals surface area contributed by atoms with Crippen molar-refractivity contribution >= 4 is 9.76 Å². The number of benzene rings is 1. The fraction of sp³-hybridized carbons (Fsp3) is 0.727. The Morgan fingerprint density at radius 3 is 1.83 bits per heavy atom. The van der Waals surface area contributed by atoms with Crippen LogP contribution in [0.1, 0.15) is 96.1 Å². The molecule has 0 saturated heterocycles. The number of rotatable bonds is 13. The van der Waals surface area contributed by atoms with Gasteiger partial charge in [-0.2, -0.15) is 0 Å². The molecule has 2 radical (unpaired) electrons. The van der Waals surface area contributed by atoms with Crippen LogP contribution in [-0.2, 0) is 0 Å². The smallest absolute Gasteiger partial charge is 0.317 e. The summed E-state index contributed by atoms with van der Waals surface area (Å²) < 4.78 is 6.09. The highest BCUT2D eigenvalue weighted by atomic mass is 28.2. The molecule has 1 aromatic carbocycles. The normalized spacial score (nSPS) is 11.7. The van der Waals surface area contributed by atoms with Gasteiger partial charge < -0.3 is 4.43 Å². The molecule has 0 heterocycles. The van der Waals surface area contributed by atoms with Crippen LogP contribution in [0, 0.1) is 13.8 Å². The largest absolute Gasteiger partial charge is 0.540 e. The Balaban J connectivity index is 2.13. The lowest BCUT2D eigenvalue weighted by Crippen LogP contribution is -2.19. The Labute approximate surface area is 153 Å². The highest BCUT2D eigenvalue weighted by Gasteiger charge is 2.21. The van der Waals surface area contributed by atoms with Gasteiger partial charge >= 0.3 is 9.76 Å². The maximum Gasteiger partial charge on any atom is 0.317 e. The predicted octanol–water partition coefficient (Wildman–Crippen LogP) is 7.42. The molecule has 136 valence electrons. The minimum Gasteiger partial charge on any atom is -0.540 e. The van der Waals surface area contributed by atoms with Crippen LogP contribution < -0.4 is 4.43 Å². The fourth-order valence-electron chi connectivity index (χ4n) is 3.12. The predicted molar refractivity (Wildman–Crippen MR) is 108 cm³/mol. The Morgan fingerprint density at radius 1 is 0.792 bits per heavy atom. The van der Waals surface area contributed by atoms with Gasteiger partial charge in [0.2, 0.25) is 0 Å². The first-order chi connectivity index (χ1) is 11.4. The van der Waals surface area contributed by atoms with E-state index in [1.165, 1.54) is 75.3 Å². The van der Waals surface area contributed by atoms with E-state index in [0.29, 0.717) is 14.8 Å². The first kappa shape index (κ1) is 21.3. The van der Waals surface area contributed by atoms with Crippen molar-refractivity contribution in [3.8, 4) is 5.75 Å². The number of unbranched alkanes of at least 4 members (excludes halogenated alkanes) is 8. The van der Waals surface area contributed by atoms with E-state index >= 15 is 0 Å². The monoisotopic (exact) mass is 346 g/mol. The minimum atomic E-state index is 0.290. The molecule has 0 N–H and O–H groups in total. The summed E-state index contributed by atoms with van der Waals surface area (Å²) in [5, 5.41) is 0.290. The van der Waals surface area contributed by atoms with Crippen molar-refractivity contribution < 1.29 is 4.43 Å². The van der Waals surface area contributed by atoms with Crippen LogP contribution in [0.3, 0.4) is 0 Å². The van der Waals surface area contributed by atoms with Gasteiger partial charge in [0.05, 0.1) is 0 Å². The molecular formula is C22H38OSi. The van der Waals surface area contributed by atoms with E-state index in [9.17, 15) is 0 Å². The number of hydrogen-bond donors (Lipinski definition) is 0. The molecule has 0 atom stereocenters. The third kappa shape index (κ3) is 10.2. The molecule has 0 aliphatic rings. The lowest BCUT2D eigenvalue weighted by atomic mass is 10.0. The van der Waals surface area contributed by atoms with Gasteiger partial charge in [-0.1, -0.05) is 84.6 Å². The van der Waals surface area contributed by atoms with Gasteiger partial charge in [-0.3, -0.25) is 0 Å². The lowest BCUT2D eigenvalue weighted by Gasteiger charge is -2.23. The Bertz CT molecular complexity index is 433. The van der Waals surface area contributed by atoms with Gasteiger partial charge in [0.25, 0.3) is 0 Å². The van der Waals surface area contributed by atoms with E-state index in [1.807, 2.05) is 0 Å². The van der Waals surface area contributed by atoms with Gasteiger partial charge in [0.15, 0.2) is 0 Å². The summed E-state index contributed by atoms with van der Waals surface area (Å²) in [6.45, 7) is 11.2. The summed E-state index contributed by atoms with van der Waals surface area (Å²) in [4.78, 5) is 0. The third-order valence-corrected chi connectivity index (χ3v) is 5.69. The molecule has 1 rings (SSSR count). The number of aryl methyl sites for hydroxylation is 2. The molecule has 0 saturated carbocycles. The van der Waals surface area contributed by atoms with Gasteiger partial charge in [0.1, 0.15) is 5.75 Å². The maximum atomic E-state index is 6.09. The van der Waals surface area contributed by atoms with Crippen molar-refractivity contribution in [3.05, 3.63) is 29.3 Å². The van der Waals surface area contributed by atoms with Crippen LogP contribution in [0.2, 0.25) is 5.04 Å². The third-order valence-electron chi connectivity index (χ3n) is 4.55. The average Bonchev–Trinajstić information content (AvgIpc) is 2.51. The fourth-order valence-corrected chi connectivity index (χ4v) is 3.91. The zero-order valence-corrected chi connectivity index (χ0v) is 17.7. The van der Waals surface area contributed by atoms with Crippen molar-refractivity contribution in [2.75, 3.05) is 0 Å². The highest BCUT2D eigenvalue weighted by Crippen LogP contribution is 2.31. The van der Waals surface area contributed by atoms with E-state index in [-0.39, 0.29) is 0 Å². The van der Waals surface area contributed by atoms with Crippen LogP contribution in [0.25, 0.3) is 0 Å². The molecule has 24 heavy (non-hydrogen) atoms. The quantitative estimate of drug-likeness (QED) is 0.267. The molecule has 0 fully saturated rings. The standard InChI is InChI=1S/C22H38OSi/c1-6-7-8-9-10-11-12-13-14-15-22(4,5)24-23-21-17-19(2)16-20(3)18-21/h16-18H,6-15H2,1-5H3. The van der Waals surface area contributed by atoms with Crippen molar-refractivity contribution in [2.45, 2.75) is 104 Å². The SMILES string of the molecule is CCCCCCCCCCCC(C)(C)[Si]Oc1cc(C)cc(C)c1. The van der Waals surface area contributed by atoms with E-state index < -0.39 is 0 Å². The lowest BCUT2D eigenvalue weighted by molar-refractivity contribution is 0.474. The van der Waals surface area contributed by atoms with E-state index in [1.54, 1.807) is 0 Å². The molecular weight excluding hydrogens is 308 g/mol. The molecule has 0 aliphatic heterocycles. The van der Waals surface area contributed by atoms with Crippen LogP contribution in [-0.4, -0.2) is 9.76 Å². The Hall–Kier alpha value is -0.763. The molecule has 1 aromatic rings. The van der Waals surface area contributed by atoms with Crippen LogP contribution >= 0.6 is 0 Å². The van der Waals surface area contributed by atoms with Crippen LogP contribution in [0.4, 0.5) is 0 Å². The van der Waals surface area contributed by atoms with E-state index in [0.717, 1.165) is 5.75 Å². The average molecular weight is 347 g/mol. The summed E-state index contributed by atoms with van der Waals surface area (Å²) in [5.41, 5.74) is 2.57. The second-order valence-electron chi connectivity index (χ2n) is 7.99. The van der Waals surface area contributed by atoms with Crippen molar-refractivity contribution in [1.29, 1.82) is 0 Å². The van der Waals surface area contributed by atoms with Crippen molar-refractivity contribution in [1.82, 2.24) is 0 Å². The molecule has 1 nitrogen and oxygen atoms in total. The zero-order valence-electron chi connectivity index (χ0n) is 16.7. The van der Waals surface area contributed by atoms with Gasteiger partial charge in [0, 0.05) is 0 Å². The first-order valence-electron chi connectivity index (χ1n) is 9.95. The Morgan fingerprint density at radius 2 is 1.29 bits per heavy atom. The highest BCUT2D eigenvalue weighted by molar-refractivity contribution is 6.33. The number of hydrogen-bond acceptors (Lipinski definition) is 1. The van der Waals surface area contributed by atoms with Crippen molar-refractivity contribution in [2.24, 2.45) is 0 Å². The molecule has 2 heteroatoms. The molecule has 0 aromatic heterocycles. The second kappa shape index (κ2) is 11.7. The van der Waals surface area contributed by atoms with E-state index in [4.69, 9.17) is 4.43 Å². The topological polar surface area (TPSA) is 9.23 Å². The molecule has 0 unspecified atom stereocenters. The summed E-state index contributed by atoms with van der Waals surface area (Å²) in [6, 6.07) is 6.49. The second-order valence-corrected chi connectivity index (χ2v) is 9.75. The van der Waals surface area contributed by atoms with Crippen molar-refractivity contribution in [3.63, 3.8) is 0 Å². The summed E-state index contributed by atoms with van der Waals surface area (Å²) in [7, 11) is 0.541. The van der Waals surface area contributed by atoms with Gasteiger partial charge in [-0.15, -0.1) is 0 Å². The maximum absolute atomic E-state index is 6.09. The molecule has 0 aliphatic carbocycles. The molecule has 0 amide bonds. The first-order valence-corrected chi connectivity index (χ1v) is 10.9. The van der Waals surface area contributed by atoms with Crippen LogP contribution in [0.15, 0.2) is 18.2 Å². The minimum absolute atomic E-state index is 0.290.